The molecule has 1 aliphatic heterocycles. The van der Waals surface area contributed by atoms with Crippen molar-refractivity contribution >= 4 is 23.4 Å². The van der Waals surface area contributed by atoms with Crippen molar-refractivity contribution in [1.29, 1.82) is 0 Å². The van der Waals surface area contributed by atoms with Crippen molar-refractivity contribution in [1.82, 2.24) is 9.88 Å². The molecule has 1 fully saturated rings. The van der Waals surface area contributed by atoms with Gasteiger partial charge in [-0.25, -0.2) is 0 Å². The number of anilines is 1. The standard InChI is InChI=1S/C10H15N3OS/c11-8-6-9(12-7-8)10(14)13-2-1-4-15-5-3-13/h6-7,12H,1-5,11H2. The fraction of sp³-hybridized carbons (Fsp3) is 0.500. The molecule has 4 nitrogen and oxygen atoms in total. The van der Waals surface area contributed by atoms with E-state index in [-0.39, 0.29) is 5.91 Å². The van der Waals surface area contributed by atoms with Gasteiger partial charge in [-0.2, -0.15) is 11.8 Å². The van der Waals surface area contributed by atoms with Gasteiger partial charge in [-0.15, -0.1) is 0 Å². The monoisotopic (exact) mass is 225 g/mol. The molecule has 15 heavy (non-hydrogen) atoms. The summed E-state index contributed by atoms with van der Waals surface area (Å²) in [5.41, 5.74) is 6.78. The molecule has 1 amide bonds. The van der Waals surface area contributed by atoms with Crippen LogP contribution in [-0.4, -0.2) is 40.4 Å². The Hall–Kier alpha value is -1.10. The van der Waals surface area contributed by atoms with E-state index in [2.05, 4.69) is 4.98 Å². The maximum atomic E-state index is 12.0. The zero-order chi connectivity index (χ0) is 10.7. The molecule has 0 spiro atoms. The normalized spacial score (nSPS) is 17.5. The number of nitrogens with one attached hydrogen (secondary N) is 1. The van der Waals surface area contributed by atoms with Crippen LogP contribution in [0.5, 0.6) is 0 Å². The number of hydrogen-bond acceptors (Lipinski definition) is 3. The number of hydrogen-bond donors (Lipinski definition) is 2. The van der Waals surface area contributed by atoms with Crippen LogP contribution < -0.4 is 5.73 Å². The summed E-state index contributed by atoms with van der Waals surface area (Å²) < 4.78 is 0. The van der Waals surface area contributed by atoms with E-state index in [1.165, 1.54) is 0 Å². The van der Waals surface area contributed by atoms with Gasteiger partial charge in [0.1, 0.15) is 5.69 Å². The molecule has 0 bridgehead atoms. The third-order valence-corrected chi connectivity index (χ3v) is 3.49. The highest BCUT2D eigenvalue weighted by molar-refractivity contribution is 7.99. The van der Waals surface area contributed by atoms with E-state index in [1.807, 2.05) is 16.7 Å². The number of nitrogen functional groups attached to an aromatic ring is 1. The molecule has 0 unspecified atom stereocenters. The predicted octanol–water partition coefficient (Wildman–Crippen LogP) is 1.18. The molecule has 0 aliphatic carbocycles. The molecule has 1 aliphatic rings. The molecule has 0 aromatic carbocycles. The highest BCUT2D eigenvalue weighted by atomic mass is 32.2. The molecule has 0 radical (unpaired) electrons. The first-order chi connectivity index (χ1) is 7.27. The number of amides is 1. The van der Waals surface area contributed by atoms with Gasteiger partial charge < -0.3 is 15.6 Å². The Morgan fingerprint density at radius 2 is 2.33 bits per heavy atom. The zero-order valence-corrected chi connectivity index (χ0v) is 9.35. The van der Waals surface area contributed by atoms with E-state index >= 15 is 0 Å². The molecular formula is C10H15N3OS. The van der Waals surface area contributed by atoms with Crippen molar-refractivity contribution in [2.75, 3.05) is 30.3 Å². The van der Waals surface area contributed by atoms with Gasteiger partial charge in [0.25, 0.3) is 5.91 Å². The minimum absolute atomic E-state index is 0.0641. The van der Waals surface area contributed by atoms with Crippen LogP contribution in [0.25, 0.3) is 0 Å². The van der Waals surface area contributed by atoms with E-state index in [4.69, 9.17) is 5.73 Å². The first-order valence-electron chi connectivity index (χ1n) is 5.08. The lowest BCUT2D eigenvalue weighted by Crippen LogP contribution is -2.33. The number of H-pyrrole nitrogens is 1. The second-order valence-corrected chi connectivity index (χ2v) is 4.83. The summed E-state index contributed by atoms with van der Waals surface area (Å²) in [4.78, 5) is 16.8. The number of thioether (sulfide) groups is 1. The largest absolute Gasteiger partial charge is 0.397 e. The SMILES string of the molecule is Nc1c[nH]c(C(=O)N2CCCSCC2)c1. The number of aromatic amines is 1. The third-order valence-electron chi connectivity index (χ3n) is 2.45. The Morgan fingerprint density at radius 1 is 1.47 bits per heavy atom. The lowest BCUT2D eigenvalue weighted by molar-refractivity contribution is 0.0763. The number of carbonyl (C=O) groups is 1. The lowest BCUT2D eigenvalue weighted by atomic mass is 10.3. The van der Waals surface area contributed by atoms with Crippen LogP contribution in [0.4, 0.5) is 5.69 Å². The Bertz CT molecular complexity index is 342. The molecule has 1 aromatic heterocycles. The predicted molar refractivity (Wildman–Crippen MR) is 63.1 cm³/mol. The van der Waals surface area contributed by atoms with Crippen molar-refractivity contribution in [3.05, 3.63) is 18.0 Å². The number of carbonyl (C=O) groups excluding carboxylic acids is 1. The summed E-state index contributed by atoms with van der Waals surface area (Å²) in [7, 11) is 0. The van der Waals surface area contributed by atoms with E-state index in [0.29, 0.717) is 11.4 Å². The molecule has 2 rings (SSSR count). The second-order valence-electron chi connectivity index (χ2n) is 3.60. The van der Waals surface area contributed by atoms with Crippen molar-refractivity contribution < 1.29 is 4.79 Å². The first-order valence-corrected chi connectivity index (χ1v) is 6.24. The van der Waals surface area contributed by atoms with Crippen molar-refractivity contribution in [3.8, 4) is 0 Å². The smallest absolute Gasteiger partial charge is 0.270 e. The minimum atomic E-state index is 0.0641. The molecule has 5 heteroatoms. The fourth-order valence-corrected chi connectivity index (χ4v) is 2.54. The fourth-order valence-electron chi connectivity index (χ4n) is 1.65. The number of nitrogens with zero attached hydrogens (tertiary/aromatic N) is 1. The maximum Gasteiger partial charge on any atom is 0.270 e. The summed E-state index contributed by atoms with van der Waals surface area (Å²) in [5, 5.41) is 0. The summed E-state index contributed by atoms with van der Waals surface area (Å²) in [6, 6.07) is 1.69. The first kappa shape index (κ1) is 10.4. The van der Waals surface area contributed by atoms with E-state index in [9.17, 15) is 4.79 Å². The van der Waals surface area contributed by atoms with Crippen LogP contribution in [0.1, 0.15) is 16.9 Å². The van der Waals surface area contributed by atoms with Gasteiger partial charge >= 0.3 is 0 Å². The van der Waals surface area contributed by atoms with Gasteiger partial charge in [-0.1, -0.05) is 0 Å². The molecule has 2 heterocycles. The molecule has 3 N–H and O–H groups in total. The average molecular weight is 225 g/mol. The van der Waals surface area contributed by atoms with Crippen LogP contribution in [0.3, 0.4) is 0 Å². The zero-order valence-electron chi connectivity index (χ0n) is 8.53. The molecule has 1 saturated heterocycles. The Labute approximate surface area is 93.2 Å². The van der Waals surface area contributed by atoms with Crippen LogP contribution in [-0.2, 0) is 0 Å². The molecular weight excluding hydrogens is 210 g/mol. The minimum Gasteiger partial charge on any atom is -0.397 e. The number of nitrogens with two attached hydrogens (primary N) is 1. The van der Waals surface area contributed by atoms with Crippen LogP contribution >= 0.6 is 11.8 Å². The van der Waals surface area contributed by atoms with Gasteiger partial charge in [0.15, 0.2) is 0 Å². The quantitative estimate of drug-likeness (QED) is 0.754. The molecule has 82 valence electrons. The Morgan fingerprint density at radius 3 is 3.07 bits per heavy atom. The Balaban J connectivity index is 2.06. The second kappa shape index (κ2) is 4.61. The van der Waals surface area contributed by atoms with E-state index in [0.717, 1.165) is 31.0 Å². The van der Waals surface area contributed by atoms with Gasteiger partial charge in [0.05, 0.1) is 0 Å². The number of aromatic nitrogens is 1. The molecule has 0 atom stereocenters. The van der Waals surface area contributed by atoms with Gasteiger partial charge in [-0.3, -0.25) is 4.79 Å². The summed E-state index contributed by atoms with van der Waals surface area (Å²) in [6.45, 7) is 1.69. The summed E-state index contributed by atoms with van der Waals surface area (Å²) in [6.07, 6.45) is 2.73. The van der Waals surface area contributed by atoms with E-state index < -0.39 is 0 Å². The van der Waals surface area contributed by atoms with Crippen LogP contribution in [0, 0.1) is 0 Å². The average Bonchev–Trinajstić information content (AvgIpc) is 2.53. The summed E-state index contributed by atoms with van der Waals surface area (Å²) >= 11 is 1.91. The van der Waals surface area contributed by atoms with Gasteiger partial charge in [-0.05, 0) is 18.2 Å². The maximum absolute atomic E-state index is 12.0. The van der Waals surface area contributed by atoms with Crippen LogP contribution in [0.15, 0.2) is 12.3 Å². The molecule has 1 aromatic rings. The van der Waals surface area contributed by atoms with Gasteiger partial charge in [0.2, 0.25) is 0 Å². The van der Waals surface area contributed by atoms with Crippen molar-refractivity contribution in [3.63, 3.8) is 0 Å². The topological polar surface area (TPSA) is 62.1 Å². The van der Waals surface area contributed by atoms with Crippen molar-refractivity contribution in [2.45, 2.75) is 6.42 Å². The Kier molecular flexibility index (Phi) is 3.20. The van der Waals surface area contributed by atoms with Crippen LogP contribution in [0.2, 0.25) is 0 Å². The van der Waals surface area contributed by atoms with Crippen molar-refractivity contribution in [2.24, 2.45) is 0 Å². The number of rotatable bonds is 1. The lowest BCUT2D eigenvalue weighted by Gasteiger charge is -2.18. The highest BCUT2D eigenvalue weighted by Gasteiger charge is 2.18. The highest BCUT2D eigenvalue weighted by Crippen LogP contribution is 2.13. The van der Waals surface area contributed by atoms with E-state index in [1.54, 1.807) is 12.3 Å². The molecule has 0 saturated carbocycles. The van der Waals surface area contributed by atoms with Gasteiger partial charge in [0, 0.05) is 30.7 Å². The third kappa shape index (κ3) is 2.47. The summed E-state index contributed by atoms with van der Waals surface area (Å²) in [5.74, 6) is 2.24.